The molecular weight excluding hydrogens is 1090 g/mol. The van der Waals surface area contributed by atoms with Gasteiger partial charge in [-0.3, -0.25) is 11.8 Å². The minimum Gasteiger partial charge on any atom is -0.366 e. The van der Waals surface area contributed by atoms with Crippen LogP contribution in [0.15, 0.2) is 84.9 Å². The molecule has 4 aliphatic heterocycles. The van der Waals surface area contributed by atoms with E-state index in [2.05, 4.69) is 139 Å². The third kappa shape index (κ3) is 9.38. The van der Waals surface area contributed by atoms with Crippen molar-refractivity contribution in [2.24, 2.45) is 0 Å². The number of benzene rings is 4. The molecule has 54 heavy (non-hydrogen) atoms. The second kappa shape index (κ2) is 19.5. The Bertz CT molecular complexity index is 1830. The minimum atomic E-state index is -1.51. The molecule has 2 fully saturated rings. The van der Waals surface area contributed by atoms with Crippen LogP contribution in [0.3, 0.4) is 0 Å². The average Bonchev–Trinajstić information content (AvgIpc) is 3.80. The van der Waals surface area contributed by atoms with Crippen molar-refractivity contribution in [3.63, 3.8) is 0 Å². The van der Waals surface area contributed by atoms with E-state index in [0.29, 0.717) is 0 Å². The van der Waals surface area contributed by atoms with Crippen LogP contribution in [0.2, 0.25) is 26.2 Å². The normalized spacial score (nSPS) is 22.3. The predicted molar refractivity (Wildman–Crippen MR) is 242 cm³/mol. The maximum atomic E-state index is 7.25. The van der Waals surface area contributed by atoms with Gasteiger partial charge in [-0.15, -0.1) is 35.4 Å². The molecule has 0 aromatic heterocycles. The molecule has 0 unspecified atom stereocenters. The van der Waals surface area contributed by atoms with Crippen molar-refractivity contribution in [3.05, 3.63) is 109 Å². The molecule has 0 aliphatic carbocycles. The van der Waals surface area contributed by atoms with Crippen molar-refractivity contribution in [2.75, 3.05) is 12.3 Å². The van der Waals surface area contributed by atoms with Crippen molar-refractivity contribution in [1.29, 1.82) is 0 Å². The number of unbranched alkanes of at least 4 members (excludes halogenated alkanes) is 1. The summed E-state index contributed by atoms with van der Waals surface area (Å²) in [6.45, 7) is 19.7. The summed E-state index contributed by atoms with van der Waals surface area (Å²) >= 11 is 0. The number of rotatable bonds is 5. The van der Waals surface area contributed by atoms with Gasteiger partial charge in [-0.05, 0) is 109 Å². The van der Waals surface area contributed by atoms with Crippen LogP contribution in [0.1, 0.15) is 77.3 Å². The van der Waals surface area contributed by atoms with Gasteiger partial charge >= 0.3 is 44.8 Å². The van der Waals surface area contributed by atoms with Gasteiger partial charge in [0.2, 0.25) is 0 Å². The molecule has 4 heterocycles. The summed E-state index contributed by atoms with van der Waals surface area (Å²) in [5.41, 5.74) is 11.5. The quantitative estimate of drug-likeness (QED) is 0.0615. The number of hydrogen-bond acceptors (Lipinski definition) is 0. The molecule has 6 heteroatoms. The van der Waals surface area contributed by atoms with Crippen molar-refractivity contribution in [2.45, 2.75) is 115 Å². The van der Waals surface area contributed by atoms with E-state index in [4.69, 9.17) is 12.8 Å². The molecule has 0 nitrogen and oxygen atoms in total. The Kier molecular flexibility index (Phi) is 16.4. The molecule has 8 rings (SSSR count). The molecule has 0 N–H and O–H groups in total. The summed E-state index contributed by atoms with van der Waals surface area (Å²) in [6, 6.07) is 30.0. The average molecular weight is 1150 g/mol. The molecule has 290 valence electrons. The first-order chi connectivity index (χ1) is 24.9. The first-order valence-electron chi connectivity index (χ1n) is 19.9. The molecule has 0 saturated carbocycles. The largest absolute Gasteiger partial charge is 1.00 e. The van der Waals surface area contributed by atoms with E-state index < -0.39 is 16.1 Å². The molecule has 0 bridgehead atoms. The van der Waals surface area contributed by atoms with Gasteiger partial charge in [0.15, 0.2) is 0 Å². The van der Waals surface area contributed by atoms with Crippen LogP contribution in [0.4, 0.5) is 0 Å². The van der Waals surface area contributed by atoms with E-state index in [1.165, 1.54) is 43.0 Å². The first kappa shape index (κ1) is 45.5. The Morgan fingerprint density at radius 3 is 1.15 bits per heavy atom. The maximum absolute atomic E-state index is 7.25. The van der Waals surface area contributed by atoms with Crippen LogP contribution in [0, 0.1) is 24.7 Å². The van der Waals surface area contributed by atoms with Gasteiger partial charge in [-0.25, -0.2) is 0 Å². The fourth-order valence-corrected chi connectivity index (χ4v) is 23.5. The Morgan fingerprint density at radius 2 is 0.815 bits per heavy atom. The molecular formula is C48H60Au2P2Si2+2. The Labute approximate surface area is 364 Å². The topological polar surface area (TPSA) is 0 Å². The first-order valence-corrected chi connectivity index (χ1v) is 29.7. The van der Waals surface area contributed by atoms with Crippen molar-refractivity contribution in [3.8, 4) is 34.1 Å². The number of hydrogen-bond donors (Lipinski definition) is 0. The van der Waals surface area contributed by atoms with Gasteiger partial charge in [0.25, 0.3) is 0 Å². The Hall–Kier alpha value is -1.23. The molecule has 2 saturated heterocycles. The molecule has 4 aromatic rings. The third-order valence-corrected chi connectivity index (χ3v) is 28.4. The van der Waals surface area contributed by atoms with E-state index in [-0.39, 0.29) is 60.6 Å². The summed E-state index contributed by atoms with van der Waals surface area (Å²) in [4.78, 5) is 0. The smallest absolute Gasteiger partial charge is 0.366 e. The summed E-state index contributed by atoms with van der Waals surface area (Å²) in [6.07, 6.45) is 27.1. The van der Waals surface area contributed by atoms with Gasteiger partial charge in [0.1, 0.15) is 16.1 Å². The second-order valence-corrected chi connectivity index (χ2v) is 33.1. The van der Waals surface area contributed by atoms with Crippen molar-refractivity contribution in [1.82, 2.24) is 0 Å². The van der Waals surface area contributed by atoms with Crippen LogP contribution in [0.5, 0.6) is 0 Å². The molecule has 4 aliphatic rings. The zero-order valence-corrected chi connectivity index (χ0v) is 42.0. The molecule has 4 aromatic carbocycles. The van der Waals surface area contributed by atoms with Gasteiger partial charge in [0, 0.05) is 15.8 Å². The number of fused-ring (bicyclic) bond motifs is 6. The van der Waals surface area contributed by atoms with Crippen LogP contribution in [0.25, 0.3) is 22.3 Å². The zero-order chi connectivity index (χ0) is 37.2. The van der Waals surface area contributed by atoms with E-state index in [1.54, 1.807) is 50.8 Å². The predicted octanol–water partition coefficient (Wildman–Crippen LogP) is 10.2. The summed E-state index contributed by atoms with van der Waals surface area (Å²) in [5.74, 6) is 4.96. The molecule has 0 amide bonds. The summed E-state index contributed by atoms with van der Waals surface area (Å²) < 4.78 is 0. The zero-order valence-electron chi connectivity index (χ0n) is 33.7. The second-order valence-electron chi connectivity index (χ2n) is 17.2. The summed E-state index contributed by atoms with van der Waals surface area (Å²) in [7, 11) is -2.97. The van der Waals surface area contributed by atoms with E-state index in [0.717, 1.165) is 33.8 Å². The molecule has 0 spiro atoms. The SMILES string of the molecule is C[C@H]1CC[C@H](C)[PH+]1CCCC[PH+]1[C@@H](C)CC[C@@H]1C.[Au+].[Au+].[C-]#Cc1ccc2c(c1)-c1ccccc1[Si]2(C)C.[C-]#Cc1ccc2c(c1)-c1ccccc1[Si]2(C)C. The van der Waals surface area contributed by atoms with E-state index >= 15 is 0 Å². The summed E-state index contributed by atoms with van der Waals surface area (Å²) in [5, 5.41) is 5.99. The maximum Gasteiger partial charge on any atom is 1.00 e. The Morgan fingerprint density at radius 1 is 0.500 bits per heavy atom. The third-order valence-electron chi connectivity index (χ3n) is 13.2. The van der Waals surface area contributed by atoms with E-state index in [1.807, 2.05) is 12.1 Å². The van der Waals surface area contributed by atoms with Crippen LogP contribution in [-0.4, -0.2) is 51.1 Å². The van der Waals surface area contributed by atoms with Crippen LogP contribution >= 0.6 is 15.8 Å². The van der Waals surface area contributed by atoms with Crippen LogP contribution < -0.4 is 20.7 Å². The fourth-order valence-electron chi connectivity index (χ4n) is 9.95. The van der Waals surface area contributed by atoms with Crippen LogP contribution in [-0.2, 0) is 44.8 Å². The van der Waals surface area contributed by atoms with Gasteiger partial charge in [-0.1, -0.05) is 86.9 Å². The molecule has 0 radical (unpaired) electrons. The molecule has 4 atom stereocenters. The van der Waals surface area contributed by atoms with Gasteiger partial charge in [-0.2, -0.15) is 0 Å². The van der Waals surface area contributed by atoms with Gasteiger partial charge in [0.05, 0.1) is 35.0 Å². The monoisotopic (exact) mass is 1150 g/mol. The van der Waals surface area contributed by atoms with Gasteiger partial charge < -0.3 is 12.8 Å². The standard InChI is InChI=1S/C16H32P2.2C16H13Si.2Au/c1-13-7-8-14(2)17(13)11-5-6-12-18-15(3)9-10-16(18)4;2*1-4-12-9-10-16-14(11-12)13-7-5-6-8-15(13)17(16,2)3;;/h13-16H,5-12H2,1-4H3;2*5-11H,2-3H3;;/q;2*-1;2*+1/p+2/t13-,14-,15-,16-;;;;/m0..../s1. The van der Waals surface area contributed by atoms with E-state index in [9.17, 15) is 0 Å². The van der Waals surface area contributed by atoms with Crippen molar-refractivity contribution < 1.29 is 44.8 Å². The fraction of sp³-hybridized carbons (Fsp3) is 0.417. The Balaban J connectivity index is 0.000000177. The minimum absolute atomic E-state index is 0. The van der Waals surface area contributed by atoms with Crippen molar-refractivity contribution >= 4 is 52.7 Å².